The van der Waals surface area contributed by atoms with Crippen molar-refractivity contribution in [2.24, 2.45) is 13.0 Å². The molecular formula is C16H22N4O3. The van der Waals surface area contributed by atoms with Gasteiger partial charge in [-0.3, -0.25) is 9.48 Å². The van der Waals surface area contributed by atoms with Crippen LogP contribution in [0.25, 0.3) is 0 Å². The van der Waals surface area contributed by atoms with Gasteiger partial charge in [0, 0.05) is 26.3 Å². The minimum atomic E-state index is -0.276. The van der Waals surface area contributed by atoms with Crippen molar-refractivity contribution in [2.75, 3.05) is 11.9 Å². The minimum absolute atomic E-state index is 0.0584. The molecule has 0 radical (unpaired) electrons. The van der Waals surface area contributed by atoms with E-state index in [1.54, 1.807) is 10.9 Å². The van der Waals surface area contributed by atoms with E-state index >= 15 is 0 Å². The quantitative estimate of drug-likeness (QED) is 0.936. The van der Waals surface area contributed by atoms with E-state index in [-0.39, 0.29) is 17.9 Å². The summed E-state index contributed by atoms with van der Waals surface area (Å²) in [6, 6.07) is 1.90. The van der Waals surface area contributed by atoms with E-state index in [1.165, 1.54) is 0 Å². The lowest BCUT2D eigenvalue weighted by molar-refractivity contribution is -0.129. The number of carbonyl (C=O) groups is 1. The molecule has 3 rings (SSSR count). The molecule has 2 atom stereocenters. The minimum Gasteiger partial charge on any atom is -0.371 e. The molecule has 3 heterocycles. The smallest absolute Gasteiger partial charge is 0.230 e. The number of nitrogens with zero attached hydrogens (tertiary/aromatic N) is 3. The lowest BCUT2D eigenvalue weighted by atomic mass is 9.91. The molecule has 1 N–H and O–H groups in total. The number of hydrogen-bond donors (Lipinski definition) is 1. The highest BCUT2D eigenvalue weighted by atomic mass is 16.5. The Hall–Kier alpha value is -2.15. The van der Waals surface area contributed by atoms with E-state index in [9.17, 15) is 4.79 Å². The molecule has 0 unspecified atom stereocenters. The normalized spacial score (nSPS) is 21.3. The maximum Gasteiger partial charge on any atom is 0.230 e. The molecule has 1 aliphatic rings. The van der Waals surface area contributed by atoms with Crippen molar-refractivity contribution in [3.63, 3.8) is 0 Å². The van der Waals surface area contributed by atoms with Crippen molar-refractivity contribution in [1.29, 1.82) is 0 Å². The average molecular weight is 318 g/mol. The maximum atomic E-state index is 12.8. The summed E-state index contributed by atoms with van der Waals surface area (Å²) in [5, 5.41) is 11.1. The lowest BCUT2D eigenvalue weighted by Gasteiger charge is -2.30. The molecule has 2 aromatic rings. The van der Waals surface area contributed by atoms with Gasteiger partial charge in [-0.25, -0.2) is 0 Å². The Kier molecular flexibility index (Phi) is 4.47. The van der Waals surface area contributed by atoms with Gasteiger partial charge in [-0.05, 0) is 25.8 Å². The molecular weight excluding hydrogens is 296 g/mol. The number of nitrogens with one attached hydrogen (secondary N) is 1. The molecule has 1 fully saturated rings. The molecule has 1 aliphatic heterocycles. The third kappa shape index (κ3) is 3.01. The van der Waals surface area contributed by atoms with Crippen LogP contribution in [0.15, 0.2) is 16.8 Å². The summed E-state index contributed by atoms with van der Waals surface area (Å²) in [4.78, 5) is 12.8. The monoisotopic (exact) mass is 318 g/mol. The summed E-state index contributed by atoms with van der Waals surface area (Å²) in [5.74, 6) is 0.389. The predicted molar refractivity (Wildman–Crippen MR) is 83.9 cm³/mol. The average Bonchev–Trinajstić information content (AvgIpc) is 3.14. The molecule has 0 spiro atoms. The zero-order chi connectivity index (χ0) is 16.4. The number of aryl methyl sites for hydroxylation is 3. The van der Waals surface area contributed by atoms with Crippen LogP contribution in [-0.4, -0.2) is 27.5 Å². The fraction of sp³-hybridized carbons (Fsp3) is 0.562. The molecule has 0 aliphatic carbocycles. The SMILES string of the molecule is CCc1onc(C)c1NC(=O)[C@@H]1CCCO[C@H]1c1ccnn1C. The molecule has 23 heavy (non-hydrogen) atoms. The highest BCUT2D eigenvalue weighted by Gasteiger charge is 2.35. The van der Waals surface area contributed by atoms with Crippen LogP contribution in [0.2, 0.25) is 0 Å². The third-order valence-electron chi connectivity index (χ3n) is 4.31. The standard InChI is InChI=1S/C16H22N4O3/c1-4-13-14(10(2)19-23-13)18-16(21)11-6-5-9-22-15(11)12-7-8-17-20(12)3/h7-8,11,15H,4-6,9H2,1-3H3,(H,18,21)/t11-,15-/m1/s1. The van der Waals surface area contributed by atoms with Gasteiger partial charge in [-0.15, -0.1) is 0 Å². The van der Waals surface area contributed by atoms with E-state index in [4.69, 9.17) is 9.26 Å². The van der Waals surface area contributed by atoms with Gasteiger partial charge in [0.2, 0.25) is 5.91 Å². The van der Waals surface area contributed by atoms with Gasteiger partial charge in [0.05, 0.1) is 11.6 Å². The summed E-state index contributed by atoms with van der Waals surface area (Å²) in [6.07, 6.45) is 3.79. The van der Waals surface area contributed by atoms with Crippen LogP contribution in [0.3, 0.4) is 0 Å². The van der Waals surface area contributed by atoms with Crippen LogP contribution in [0.5, 0.6) is 0 Å². The Labute approximate surface area is 135 Å². The summed E-state index contributed by atoms with van der Waals surface area (Å²) in [6.45, 7) is 4.46. The molecule has 0 saturated carbocycles. The number of rotatable bonds is 4. The number of aromatic nitrogens is 3. The van der Waals surface area contributed by atoms with Gasteiger partial charge in [0.15, 0.2) is 5.76 Å². The molecule has 2 aromatic heterocycles. The van der Waals surface area contributed by atoms with Crippen LogP contribution < -0.4 is 5.32 Å². The second-order valence-electron chi connectivity index (χ2n) is 5.83. The first-order valence-electron chi connectivity index (χ1n) is 7.97. The number of amides is 1. The lowest BCUT2D eigenvalue weighted by Crippen LogP contribution is -2.34. The predicted octanol–water partition coefficient (Wildman–Crippen LogP) is 2.39. The number of ether oxygens (including phenoxy) is 1. The van der Waals surface area contributed by atoms with Crippen molar-refractivity contribution in [2.45, 2.75) is 39.2 Å². The van der Waals surface area contributed by atoms with Gasteiger partial charge >= 0.3 is 0 Å². The van der Waals surface area contributed by atoms with Crippen LogP contribution in [0, 0.1) is 12.8 Å². The molecule has 0 bridgehead atoms. The molecule has 0 aromatic carbocycles. The summed E-state index contributed by atoms with van der Waals surface area (Å²) >= 11 is 0. The van der Waals surface area contributed by atoms with Crippen LogP contribution in [0.1, 0.15) is 43.0 Å². The zero-order valence-corrected chi connectivity index (χ0v) is 13.7. The Morgan fingerprint density at radius 3 is 3.04 bits per heavy atom. The Bertz CT molecular complexity index is 691. The fourth-order valence-corrected chi connectivity index (χ4v) is 3.04. The van der Waals surface area contributed by atoms with Crippen LogP contribution in [0.4, 0.5) is 5.69 Å². The topological polar surface area (TPSA) is 82.2 Å². The second kappa shape index (κ2) is 6.54. The van der Waals surface area contributed by atoms with Crippen molar-refractivity contribution < 1.29 is 14.1 Å². The Morgan fingerprint density at radius 1 is 1.52 bits per heavy atom. The van der Waals surface area contributed by atoms with E-state index in [0.717, 1.165) is 18.5 Å². The maximum absolute atomic E-state index is 12.8. The first kappa shape index (κ1) is 15.7. The zero-order valence-electron chi connectivity index (χ0n) is 13.7. The van der Waals surface area contributed by atoms with Gasteiger partial charge in [0.25, 0.3) is 0 Å². The van der Waals surface area contributed by atoms with Gasteiger partial charge < -0.3 is 14.6 Å². The van der Waals surface area contributed by atoms with Gasteiger partial charge in [-0.2, -0.15) is 5.10 Å². The van der Waals surface area contributed by atoms with Gasteiger partial charge in [0.1, 0.15) is 17.5 Å². The molecule has 124 valence electrons. The largest absolute Gasteiger partial charge is 0.371 e. The number of hydrogen-bond acceptors (Lipinski definition) is 5. The van der Waals surface area contributed by atoms with E-state index in [1.807, 2.05) is 27.0 Å². The fourth-order valence-electron chi connectivity index (χ4n) is 3.04. The first-order valence-corrected chi connectivity index (χ1v) is 7.97. The Morgan fingerprint density at radius 2 is 2.35 bits per heavy atom. The third-order valence-corrected chi connectivity index (χ3v) is 4.31. The summed E-state index contributed by atoms with van der Waals surface area (Å²) in [5.41, 5.74) is 2.30. The molecule has 1 amide bonds. The van der Waals surface area contributed by atoms with Crippen molar-refractivity contribution in [1.82, 2.24) is 14.9 Å². The number of anilines is 1. The van der Waals surface area contributed by atoms with E-state index in [0.29, 0.717) is 30.2 Å². The van der Waals surface area contributed by atoms with Crippen molar-refractivity contribution >= 4 is 11.6 Å². The molecule has 7 heteroatoms. The highest BCUT2D eigenvalue weighted by molar-refractivity contribution is 5.94. The van der Waals surface area contributed by atoms with E-state index < -0.39 is 0 Å². The summed E-state index contributed by atoms with van der Waals surface area (Å²) in [7, 11) is 1.86. The molecule has 7 nitrogen and oxygen atoms in total. The van der Waals surface area contributed by atoms with Gasteiger partial charge in [-0.1, -0.05) is 12.1 Å². The second-order valence-corrected chi connectivity index (χ2v) is 5.83. The van der Waals surface area contributed by atoms with Crippen LogP contribution >= 0.6 is 0 Å². The highest BCUT2D eigenvalue weighted by Crippen LogP contribution is 2.34. The van der Waals surface area contributed by atoms with Crippen molar-refractivity contribution in [3.8, 4) is 0 Å². The van der Waals surface area contributed by atoms with Crippen LogP contribution in [-0.2, 0) is 23.0 Å². The number of carbonyl (C=O) groups excluding carboxylic acids is 1. The first-order chi connectivity index (χ1) is 11.1. The van der Waals surface area contributed by atoms with Crippen molar-refractivity contribution in [3.05, 3.63) is 29.4 Å². The Balaban J connectivity index is 1.82. The summed E-state index contributed by atoms with van der Waals surface area (Å²) < 4.78 is 12.9. The van der Waals surface area contributed by atoms with E-state index in [2.05, 4.69) is 15.6 Å². The molecule has 1 saturated heterocycles.